The Morgan fingerprint density at radius 2 is 2.14 bits per heavy atom. The number of nitrogens with zero attached hydrogens (tertiary/aromatic N) is 1. The van der Waals surface area contributed by atoms with Crippen LogP contribution in [0.3, 0.4) is 0 Å². The fourth-order valence-corrected chi connectivity index (χ4v) is 2.22. The third-order valence-corrected chi connectivity index (χ3v) is 3.37. The van der Waals surface area contributed by atoms with Crippen molar-refractivity contribution in [3.8, 4) is 0 Å². The van der Waals surface area contributed by atoms with Gasteiger partial charge in [-0.1, -0.05) is 20.8 Å². The first kappa shape index (κ1) is 11.7. The van der Waals surface area contributed by atoms with E-state index in [2.05, 4.69) is 32.7 Å². The van der Waals surface area contributed by atoms with Crippen LogP contribution in [0.2, 0.25) is 0 Å². The van der Waals surface area contributed by atoms with Crippen LogP contribution in [0.25, 0.3) is 0 Å². The molecule has 0 aromatic carbocycles. The molecule has 2 heteroatoms. The zero-order valence-corrected chi connectivity index (χ0v) is 9.97. The van der Waals surface area contributed by atoms with Crippen LogP contribution in [0.4, 0.5) is 0 Å². The summed E-state index contributed by atoms with van der Waals surface area (Å²) in [7, 11) is 2.09. The number of rotatable bonds is 3. The molecule has 1 saturated carbocycles. The zero-order valence-electron chi connectivity index (χ0n) is 9.97. The van der Waals surface area contributed by atoms with Crippen LogP contribution >= 0.6 is 0 Å². The molecular formula is C12H23NO. The quantitative estimate of drug-likeness (QED) is 0.692. The predicted octanol–water partition coefficient (Wildman–Crippen LogP) is 2.33. The fourth-order valence-electron chi connectivity index (χ4n) is 2.22. The topological polar surface area (TPSA) is 20.3 Å². The summed E-state index contributed by atoms with van der Waals surface area (Å²) < 4.78 is 0. The summed E-state index contributed by atoms with van der Waals surface area (Å²) in [5, 5.41) is 0. The second-order valence-electron chi connectivity index (χ2n) is 5.39. The molecule has 0 amide bonds. The summed E-state index contributed by atoms with van der Waals surface area (Å²) >= 11 is 0. The Morgan fingerprint density at radius 3 is 2.71 bits per heavy atom. The minimum atomic E-state index is 0.281. The van der Waals surface area contributed by atoms with Crippen molar-refractivity contribution in [2.45, 2.75) is 40.0 Å². The predicted molar refractivity (Wildman–Crippen MR) is 59.3 cm³/mol. The molecule has 1 aliphatic rings. The molecule has 0 N–H and O–H groups in total. The van der Waals surface area contributed by atoms with Gasteiger partial charge >= 0.3 is 0 Å². The molecule has 2 nitrogen and oxygen atoms in total. The summed E-state index contributed by atoms with van der Waals surface area (Å²) in [6.07, 6.45) is 2.92. The summed E-state index contributed by atoms with van der Waals surface area (Å²) in [6, 6.07) is 0. The van der Waals surface area contributed by atoms with Gasteiger partial charge in [0.25, 0.3) is 0 Å². The van der Waals surface area contributed by atoms with Gasteiger partial charge < -0.3 is 4.90 Å². The van der Waals surface area contributed by atoms with Crippen LogP contribution in [-0.2, 0) is 4.79 Å². The van der Waals surface area contributed by atoms with Crippen molar-refractivity contribution in [2.75, 3.05) is 20.1 Å². The van der Waals surface area contributed by atoms with Crippen molar-refractivity contribution in [2.24, 2.45) is 11.3 Å². The van der Waals surface area contributed by atoms with Gasteiger partial charge in [-0.25, -0.2) is 0 Å². The number of carbonyl (C=O) groups excluding carboxylic acids is 1. The summed E-state index contributed by atoms with van der Waals surface area (Å²) in [5.41, 5.74) is 0.368. The van der Waals surface area contributed by atoms with Crippen molar-refractivity contribution in [3.63, 3.8) is 0 Å². The molecule has 14 heavy (non-hydrogen) atoms. The van der Waals surface area contributed by atoms with Gasteiger partial charge in [0.15, 0.2) is 0 Å². The van der Waals surface area contributed by atoms with Crippen molar-refractivity contribution >= 4 is 5.78 Å². The molecule has 0 heterocycles. The number of hydrogen-bond acceptors (Lipinski definition) is 2. The standard InChI is InChI=1S/C12H23NO/c1-5-13(4)9-10-8-12(2,3)7-6-11(10)14/h10H,5-9H2,1-4H3. The molecule has 0 radical (unpaired) electrons. The van der Waals surface area contributed by atoms with Crippen molar-refractivity contribution in [1.29, 1.82) is 0 Å². The van der Waals surface area contributed by atoms with E-state index in [0.29, 0.717) is 11.2 Å². The lowest BCUT2D eigenvalue weighted by Crippen LogP contribution is -2.37. The molecule has 1 unspecified atom stereocenters. The van der Waals surface area contributed by atoms with Crippen molar-refractivity contribution in [3.05, 3.63) is 0 Å². The third kappa shape index (κ3) is 3.09. The SMILES string of the molecule is CCN(C)CC1CC(C)(C)CCC1=O. The Hall–Kier alpha value is -0.370. The van der Waals surface area contributed by atoms with E-state index in [0.717, 1.165) is 32.4 Å². The first-order valence-electron chi connectivity index (χ1n) is 5.66. The highest BCUT2D eigenvalue weighted by molar-refractivity contribution is 5.82. The van der Waals surface area contributed by atoms with Gasteiger partial charge in [-0.2, -0.15) is 0 Å². The fraction of sp³-hybridized carbons (Fsp3) is 0.917. The lowest BCUT2D eigenvalue weighted by molar-refractivity contribution is -0.127. The van der Waals surface area contributed by atoms with Crippen molar-refractivity contribution in [1.82, 2.24) is 4.90 Å². The Bertz CT molecular complexity index is 210. The highest BCUT2D eigenvalue weighted by atomic mass is 16.1. The maximum Gasteiger partial charge on any atom is 0.137 e. The van der Waals surface area contributed by atoms with Gasteiger partial charge in [0.2, 0.25) is 0 Å². The largest absolute Gasteiger partial charge is 0.306 e. The van der Waals surface area contributed by atoms with E-state index in [9.17, 15) is 4.79 Å². The van der Waals surface area contributed by atoms with E-state index < -0.39 is 0 Å². The minimum Gasteiger partial charge on any atom is -0.306 e. The van der Waals surface area contributed by atoms with Gasteiger partial charge in [-0.15, -0.1) is 0 Å². The van der Waals surface area contributed by atoms with Gasteiger partial charge in [-0.05, 0) is 31.8 Å². The first-order chi connectivity index (χ1) is 6.44. The third-order valence-electron chi connectivity index (χ3n) is 3.37. The van der Waals surface area contributed by atoms with Crippen LogP contribution in [0.1, 0.15) is 40.0 Å². The van der Waals surface area contributed by atoms with Crippen LogP contribution in [0.15, 0.2) is 0 Å². The van der Waals surface area contributed by atoms with E-state index in [4.69, 9.17) is 0 Å². The molecule has 0 aromatic rings. The molecule has 1 rings (SSSR count). The molecule has 0 spiro atoms. The normalized spacial score (nSPS) is 26.9. The zero-order chi connectivity index (χ0) is 10.8. The highest BCUT2D eigenvalue weighted by Gasteiger charge is 2.33. The molecule has 0 saturated heterocycles. The van der Waals surface area contributed by atoms with E-state index in [-0.39, 0.29) is 5.92 Å². The molecule has 1 fully saturated rings. The molecule has 0 bridgehead atoms. The molecule has 1 aliphatic carbocycles. The monoisotopic (exact) mass is 197 g/mol. The van der Waals surface area contributed by atoms with Gasteiger partial charge in [-0.3, -0.25) is 4.79 Å². The molecule has 1 atom stereocenters. The summed E-state index contributed by atoms with van der Waals surface area (Å²) in [6.45, 7) is 8.66. The number of hydrogen-bond donors (Lipinski definition) is 0. The smallest absolute Gasteiger partial charge is 0.137 e. The van der Waals surface area contributed by atoms with E-state index in [1.807, 2.05) is 0 Å². The second-order valence-corrected chi connectivity index (χ2v) is 5.39. The average molecular weight is 197 g/mol. The summed E-state index contributed by atoms with van der Waals surface area (Å²) in [4.78, 5) is 13.9. The molecular weight excluding hydrogens is 174 g/mol. The maximum absolute atomic E-state index is 11.7. The Balaban J connectivity index is 2.53. The number of Topliss-reactive ketones (excluding diaryl/α,β-unsaturated/α-hetero) is 1. The highest BCUT2D eigenvalue weighted by Crippen LogP contribution is 2.36. The molecule has 0 aliphatic heterocycles. The van der Waals surface area contributed by atoms with Crippen LogP contribution in [0, 0.1) is 11.3 Å². The Kier molecular flexibility index (Phi) is 3.71. The van der Waals surface area contributed by atoms with Gasteiger partial charge in [0, 0.05) is 18.9 Å². The minimum absolute atomic E-state index is 0.281. The van der Waals surface area contributed by atoms with Crippen LogP contribution in [-0.4, -0.2) is 30.8 Å². The Morgan fingerprint density at radius 1 is 1.50 bits per heavy atom. The lowest BCUT2D eigenvalue weighted by atomic mass is 9.71. The van der Waals surface area contributed by atoms with E-state index >= 15 is 0 Å². The summed E-state index contributed by atoms with van der Waals surface area (Å²) in [5.74, 6) is 0.758. The second kappa shape index (κ2) is 4.43. The number of carbonyl (C=O) groups is 1. The lowest BCUT2D eigenvalue weighted by Gasteiger charge is -2.35. The van der Waals surface area contributed by atoms with Crippen LogP contribution in [0.5, 0.6) is 0 Å². The van der Waals surface area contributed by atoms with Gasteiger partial charge in [0.1, 0.15) is 5.78 Å². The molecule has 82 valence electrons. The van der Waals surface area contributed by atoms with Crippen molar-refractivity contribution < 1.29 is 4.79 Å². The van der Waals surface area contributed by atoms with Crippen LogP contribution < -0.4 is 0 Å². The van der Waals surface area contributed by atoms with E-state index in [1.54, 1.807) is 0 Å². The van der Waals surface area contributed by atoms with Gasteiger partial charge in [0.05, 0.1) is 0 Å². The Labute approximate surface area is 87.7 Å². The van der Waals surface area contributed by atoms with E-state index in [1.165, 1.54) is 0 Å². The maximum atomic E-state index is 11.7. The average Bonchev–Trinajstić information content (AvgIpc) is 2.11. The number of ketones is 1. The first-order valence-corrected chi connectivity index (χ1v) is 5.66. The molecule has 0 aromatic heterocycles.